The van der Waals surface area contributed by atoms with Crippen molar-refractivity contribution >= 4 is 39.9 Å². The number of anilines is 2. The van der Waals surface area contributed by atoms with Crippen molar-refractivity contribution in [1.29, 1.82) is 0 Å². The lowest BCUT2D eigenvalue weighted by atomic mass is 10.2. The van der Waals surface area contributed by atoms with Crippen LogP contribution < -0.4 is 10.6 Å². The number of aromatic nitrogens is 2. The van der Waals surface area contributed by atoms with Crippen molar-refractivity contribution in [3.63, 3.8) is 0 Å². The number of nitrogens with zero attached hydrogens (tertiary/aromatic N) is 2. The summed E-state index contributed by atoms with van der Waals surface area (Å²) in [7, 11) is 0. The predicted octanol–water partition coefficient (Wildman–Crippen LogP) is 3.33. The summed E-state index contributed by atoms with van der Waals surface area (Å²) in [5, 5.41) is 7.41. The Balaban J connectivity index is 1.66. The van der Waals surface area contributed by atoms with Gasteiger partial charge in [0.15, 0.2) is 0 Å². The van der Waals surface area contributed by atoms with Crippen LogP contribution >= 0.6 is 23.1 Å². The van der Waals surface area contributed by atoms with E-state index in [1.807, 2.05) is 6.92 Å². The van der Waals surface area contributed by atoms with Crippen molar-refractivity contribution in [3.8, 4) is 0 Å². The lowest BCUT2D eigenvalue weighted by Crippen LogP contribution is -2.13. The molecule has 1 amide bonds. The average molecular weight is 311 g/mol. The molecule has 1 heterocycles. The first-order valence-corrected chi connectivity index (χ1v) is 7.38. The van der Waals surface area contributed by atoms with Gasteiger partial charge in [0.05, 0.1) is 0 Å². The average Bonchev–Trinajstić information content (AvgIpc) is 2.83. The molecule has 5 nitrogen and oxygen atoms in total. The molecule has 0 aliphatic rings. The Hall–Kier alpha value is -1.66. The van der Waals surface area contributed by atoms with Crippen LogP contribution in [-0.4, -0.2) is 21.8 Å². The maximum atomic E-state index is 11.7. The highest BCUT2D eigenvalue weighted by atomic mass is 35.5. The molecular weight excluding hydrogens is 296 g/mol. The molecule has 0 bridgehead atoms. The standard InChI is InChI=1S/C13H15ClN4OS/c1-9-16-13(20-18-9)15-8-2-3-12(19)17-11-6-4-10(14)5-7-11/h4-7H,2-3,8H2,1H3,(H,17,19)(H,15,16,18). The zero-order valence-corrected chi connectivity index (χ0v) is 12.6. The van der Waals surface area contributed by atoms with Crippen molar-refractivity contribution in [3.05, 3.63) is 35.1 Å². The molecule has 0 fully saturated rings. The zero-order chi connectivity index (χ0) is 14.4. The molecule has 0 aliphatic carbocycles. The zero-order valence-electron chi connectivity index (χ0n) is 11.0. The van der Waals surface area contributed by atoms with Crippen LogP contribution in [0.3, 0.4) is 0 Å². The minimum absolute atomic E-state index is 0.0115. The fourth-order valence-corrected chi connectivity index (χ4v) is 2.29. The van der Waals surface area contributed by atoms with Gasteiger partial charge >= 0.3 is 0 Å². The van der Waals surface area contributed by atoms with Crippen LogP contribution in [0.15, 0.2) is 24.3 Å². The highest BCUT2D eigenvalue weighted by Gasteiger charge is 2.03. The summed E-state index contributed by atoms with van der Waals surface area (Å²) < 4.78 is 4.07. The second kappa shape index (κ2) is 7.21. The number of hydrogen-bond acceptors (Lipinski definition) is 5. The van der Waals surface area contributed by atoms with Crippen LogP contribution in [0.5, 0.6) is 0 Å². The van der Waals surface area contributed by atoms with E-state index in [-0.39, 0.29) is 5.91 Å². The van der Waals surface area contributed by atoms with E-state index in [1.165, 1.54) is 11.5 Å². The summed E-state index contributed by atoms with van der Waals surface area (Å²) in [5.74, 6) is 0.751. The second-order valence-electron chi connectivity index (χ2n) is 4.23. The van der Waals surface area contributed by atoms with Gasteiger partial charge in [0.1, 0.15) is 5.82 Å². The van der Waals surface area contributed by atoms with Gasteiger partial charge in [-0.25, -0.2) is 4.98 Å². The summed E-state index contributed by atoms with van der Waals surface area (Å²) in [6.07, 6.45) is 1.19. The van der Waals surface area contributed by atoms with Gasteiger partial charge in [-0.1, -0.05) is 11.6 Å². The first-order valence-electron chi connectivity index (χ1n) is 6.23. The van der Waals surface area contributed by atoms with Crippen LogP contribution in [0.2, 0.25) is 5.02 Å². The Bertz CT molecular complexity index is 570. The highest BCUT2D eigenvalue weighted by molar-refractivity contribution is 7.09. The van der Waals surface area contributed by atoms with Gasteiger partial charge in [-0.15, -0.1) is 0 Å². The Kier molecular flexibility index (Phi) is 5.31. The van der Waals surface area contributed by atoms with Crippen LogP contribution in [0.25, 0.3) is 0 Å². The molecule has 1 aromatic carbocycles. The fraction of sp³-hybridized carbons (Fsp3) is 0.308. The second-order valence-corrected chi connectivity index (χ2v) is 5.42. The summed E-state index contributed by atoms with van der Waals surface area (Å²) in [5.41, 5.74) is 0.757. The van der Waals surface area contributed by atoms with Crippen LogP contribution in [-0.2, 0) is 4.79 Å². The highest BCUT2D eigenvalue weighted by Crippen LogP contribution is 2.14. The molecule has 1 aromatic heterocycles. The van der Waals surface area contributed by atoms with E-state index in [1.54, 1.807) is 24.3 Å². The van der Waals surface area contributed by atoms with Crippen molar-refractivity contribution in [1.82, 2.24) is 9.36 Å². The molecule has 2 aromatic rings. The van der Waals surface area contributed by atoms with E-state index in [4.69, 9.17) is 11.6 Å². The van der Waals surface area contributed by atoms with Crippen molar-refractivity contribution in [2.75, 3.05) is 17.2 Å². The summed E-state index contributed by atoms with van der Waals surface area (Å²) >= 11 is 7.11. The van der Waals surface area contributed by atoms with Crippen LogP contribution in [0, 0.1) is 6.92 Å². The first-order chi connectivity index (χ1) is 9.63. The molecule has 0 saturated carbocycles. The Labute approximate surface area is 126 Å². The molecule has 2 rings (SSSR count). The molecular formula is C13H15ClN4OS. The van der Waals surface area contributed by atoms with E-state index in [2.05, 4.69) is 20.0 Å². The molecule has 20 heavy (non-hydrogen) atoms. The maximum absolute atomic E-state index is 11.7. The number of benzene rings is 1. The van der Waals surface area contributed by atoms with E-state index >= 15 is 0 Å². The van der Waals surface area contributed by atoms with Gasteiger partial charge in [0.25, 0.3) is 0 Å². The first kappa shape index (κ1) is 14.7. The molecule has 0 saturated heterocycles. The molecule has 106 valence electrons. The number of carbonyl (C=O) groups excluding carboxylic acids is 1. The Morgan fingerprint density at radius 2 is 2.10 bits per heavy atom. The molecule has 0 unspecified atom stereocenters. The van der Waals surface area contributed by atoms with E-state index in [9.17, 15) is 4.79 Å². The molecule has 7 heteroatoms. The van der Waals surface area contributed by atoms with Gasteiger partial charge < -0.3 is 10.6 Å². The van der Waals surface area contributed by atoms with E-state index in [0.717, 1.165) is 23.1 Å². The number of carbonyl (C=O) groups is 1. The van der Waals surface area contributed by atoms with Gasteiger partial charge in [-0.2, -0.15) is 4.37 Å². The van der Waals surface area contributed by atoms with Crippen LogP contribution in [0.4, 0.5) is 10.8 Å². The smallest absolute Gasteiger partial charge is 0.224 e. The fourth-order valence-electron chi connectivity index (χ4n) is 1.57. The van der Waals surface area contributed by atoms with Gasteiger partial charge in [-0.05, 0) is 37.6 Å². The van der Waals surface area contributed by atoms with Crippen LogP contribution in [0.1, 0.15) is 18.7 Å². The van der Waals surface area contributed by atoms with E-state index < -0.39 is 0 Å². The number of halogens is 1. The van der Waals surface area contributed by atoms with Crippen molar-refractivity contribution in [2.24, 2.45) is 0 Å². The molecule has 0 atom stereocenters. The number of rotatable bonds is 6. The number of nitrogens with one attached hydrogen (secondary N) is 2. The lowest BCUT2D eigenvalue weighted by molar-refractivity contribution is -0.116. The maximum Gasteiger partial charge on any atom is 0.224 e. The Morgan fingerprint density at radius 3 is 2.75 bits per heavy atom. The third-order valence-electron chi connectivity index (χ3n) is 2.51. The molecule has 0 spiro atoms. The minimum atomic E-state index is -0.0115. The van der Waals surface area contributed by atoms with Gasteiger partial charge in [0.2, 0.25) is 11.0 Å². The molecule has 0 aliphatic heterocycles. The predicted molar refractivity (Wildman–Crippen MR) is 82.5 cm³/mol. The molecule has 2 N–H and O–H groups in total. The van der Waals surface area contributed by atoms with Crippen molar-refractivity contribution < 1.29 is 4.79 Å². The minimum Gasteiger partial charge on any atom is -0.360 e. The summed E-state index contributed by atoms with van der Waals surface area (Å²) in [4.78, 5) is 15.9. The quantitative estimate of drug-likeness (QED) is 0.803. The van der Waals surface area contributed by atoms with Gasteiger partial charge in [0, 0.05) is 35.2 Å². The summed E-state index contributed by atoms with van der Waals surface area (Å²) in [6.45, 7) is 2.55. The Morgan fingerprint density at radius 1 is 1.35 bits per heavy atom. The largest absolute Gasteiger partial charge is 0.360 e. The topological polar surface area (TPSA) is 66.9 Å². The number of hydrogen-bond donors (Lipinski definition) is 2. The third kappa shape index (κ3) is 4.79. The van der Waals surface area contributed by atoms with Crippen molar-refractivity contribution in [2.45, 2.75) is 19.8 Å². The van der Waals surface area contributed by atoms with Gasteiger partial charge in [-0.3, -0.25) is 4.79 Å². The summed E-state index contributed by atoms with van der Waals surface area (Å²) in [6, 6.07) is 7.05. The lowest BCUT2D eigenvalue weighted by Gasteiger charge is -2.05. The monoisotopic (exact) mass is 310 g/mol. The van der Waals surface area contributed by atoms with E-state index in [0.29, 0.717) is 18.0 Å². The molecule has 0 radical (unpaired) electrons. The third-order valence-corrected chi connectivity index (χ3v) is 3.53. The normalized spacial score (nSPS) is 10.3. The number of aryl methyl sites for hydroxylation is 1. The number of amides is 1. The SMILES string of the molecule is Cc1nsc(NCCCC(=O)Nc2ccc(Cl)cc2)n1.